The van der Waals surface area contributed by atoms with Crippen molar-refractivity contribution in [3.8, 4) is 0 Å². The van der Waals surface area contributed by atoms with E-state index in [9.17, 15) is 15.3 Å². The third kappa shape index (κ3) is 4.05. The van der Waals surface area contributed by atoms with Crippen LogP contribution in [0.1, 0.15) is 46.0 Å². The molecule has 1 aliphatic rings. The molecule has 0 aromatic rings. The maximum absolute atomic E-state index is 9.91. The van der Waals surface area contributed by atoms with E-state index in [0.717, 1.165) is 18.5 Å². The van der Waals surface area contributed by atoms with E-state index in [4.69, 9.17) is 0 Å². The quantitative estimate of drug-likeness (QED) is 0.405. The van der Waals surface area contributed by atoms with Gasteiger partial charge in [-0.3, -0.25) is 0 Å². The van der Waals surface area contributed by atoms with Crippen molar-refractivity contribution in [1.82, 2.24) is 5.32 Å². The molecule has 4 nitrogen and oxygen atoms in total. The molecule has 4 heteroatoms. The number of hydrogen-bond donors (Lipinski definition) is 4. The molecule has 0 fully saturated rings. The molecule has 0 aromatic heterocycles. The summed E-state index contributed by atoms with van der Waals surface area (Å²) in [6.07, 6.45) is 4.30. The average molecular weight is 257 g/mol. The molecule has 0 heterocycles. The summed E-state index contributed by atoms with van der Waals surface area (Å²) >= 11 is 0. The highest BCUT2D eigenvalue weighted by Gasteiger charge is 2.36. The molecule has 0 saturated carbocycles. The fraction of sp³-hybridized carbons (Fsp3) is 0.857. The second-order valence-electron chi connectivity index (χ2n) is 5.06. The van der Waals surface area contributed by atoms with E-state index in [1.165, 1.54) is 19.3 Å². The van der Waals surface area contributed by atoms with Crippen molar-refractivity contribution in [1.29, 1.82) is 0 Å². The predicted molar refractivity (Wildman–Crippen MR) is 72.3 cm³/mol. The molecule has 0 spiro atoms. The van der Waals surface area contributed by atoms with Crippen LogP contribution >= 0.6 is 0 Å². The fourth-order valence-electron chi connectivity index (χ4n) is 2.37. The molecule has 0 radical (unpaired) electrons. The van der Waals surface area contributed by atoms with Crippen LogP contribution < -0.4 is 5.32 Å². The van der Waals surface area contributed by atoms with Crippen LogP contribution in [0.4, 0.5) is 0 Å². The Kier molecular flexibility index (Phi) is 6.86. The Morgan fingerprint density at radius 1 is 1.06 bits per heavy atom. The highest BCUT2D eigenvalue weighted by atomic mass is 16.4. The molecule has 0 saturated heterocycles. The lowest BCUT2D eigenvalue weighted by Crippen LogP contribution is -2.53. The number of nitrogens with one attached hydrogen (secondary N) is 1. The van der Waals surface area contributed by atoms with Crippen molar-refractivity contribution in [3.05, 3.63) is 11.6 Å². The molecule has 0 aliphatic heterocycles. The molecule has 4 N–H and O–H groups in total. The first kappa shape index (κ1) is 15.6. The monoisotopic (exact) mass is 257 g/mol. The maximum Gasteiger partial charge on any atom is 0.111 e. The van der Waals surface area contributed by atoms with E-state index in [0.29, 0.717) is 6.42 Å². The van der Waals surface area contributed by atoms with Crippen molar-refractivity contribution in [2.24, 2.45) is 0 Å². The summed E-state index contributed by atoms with van der Waals surface area (Å²) in [5, 5.41) is 32.7. The van der Waals surface area contributed by atoms with E-state index >= 15 is 0 Å². The van der Waals surface area contributed by atoms with Crippen LogP contribution in [0.15, 0.2) is 11.6 Å². The van der Waals surface area contributed by atoms with E-state index < -0.39 is 18.3 Å². The second-order valence-corrected chi connectivity index (χ2v) is 5.06. The van der Waals surface area contributed by atoms with Crippen LogP contribution in [0, 0.1) is 0 Å². The number of aliphatic hydroxyl groups excluding tert-OH is 3. The van der Waals surface area contributed by atoms with Gasteiger partial charge in [0.05, 0.1) is 6.04 Å². The molecule has 2 unspecified atom stereocenters. The highest BCUT2D eigenvalue weighted by Crippen LogP contribution is 2.22. The molecular formula is C14H27NO3. The second kappa shape index (κ2) is 7.89. The third-order valence-corrected chi connectivity index (χ3v) is 3.63. The van der Waals surface area contributed by atoms with Gasteiger partial charge in [0.1, 0.15) is 18.3 Å². The molecule has 0 bridgehead atoms. The molecule has 0 amide bonds. The van der Waals surface area contributed by atoms with E-state index in [-0.39, 0.29) is 6.04 Å². The molecule has 1 rings (SSSR count). The molecule has 0 aromatic carbocycles. The van der Waals surface area contributed by atoms with E-state index in [1.807, 2.05) is 13.0 Å². The summed E-state index contributed by atoms with van der Waals surface area (Å²) in [6, 6.07) is -0.250. The summed E-state index contributed by atoms with van der Waals surface area (Å²) in [7, 11) is 0. The number of unbranched alkanes of at least 4 members (excludes halogenated alkanes) is 3. The molecular weight excluding hydrogens is 230 g/mol. The van der Waals surface area contributed by atoms with Gasteiger partial charge in [-0.1, -0.05) is 39.2 Å². The minimum absolute atomic E-state index is 0.250. The van der Waals surface area contributed by atoms with Crippen molar-refractivity contribution in [2.75, 3.05) is 6.54 Å². The van der Waals surface area contributed by atoms with Gasteiger partial charge >= 0.3 is 0 Å². The van der Waals surface area contributed by atoms with Gasteiger partial charge in [-0.25, -0.2) is 0 Å². The Morgan fingerprint density at radius 3 is 2.39 bits per heavy atom. The van der Waals surface area contributed by atoms with Crippen molar-refractivity contribution in [3.63, 3.8) is 0 Å². The Labute approximate surface area is 110 Å². The lowest BCUT2D eigenvalue weighted by molar-refractivity contribution is -0.0621. The van der Waals surface area contributed by atoms with Gasteiger partial charge in [0.15, 0.2) is 0 Å². The van der Waals surface area contributed by atoms with Gasteiger partial charge in [0.25, 0.3) is 0 Å². The zero-order valence-electron chi connectivity index (χ0n) is 11.5. The van der Waals surface area contributed by atoms with Crippen molar-refractivity contribution in [2.45, 2.75) is 70.3 Å². The lowest BCUT2D eigenvalue weighted by atomic mass is 9.87. The maximum atomic E-state index is 9.91. The first-order valence-corrected chi connectivity index (χ1v) is 7.10. The summed E-state index contributed by atoms with van der Waals surface area (Å²) in [6.45, 7) is 4.95. The minimum Gasteiger partial charge on any atom is -0.388 e. The van der Waals surface area contributed by atoms with Crippen molar-refractivity contribution < 1.29 is 15.3 Å². The fourth-order valence-corrected chi connectivity index (χ4v) is 2.37. The van der Waals surface area contributed by atoms with Crippen LogP contribution in [0.2, 0.25) is 0 Å². The van der Waals surface area contributed by atoms with Crippen LogP contribution in [-0.2, 0) is 0 Å². The molecule has 18 heavy (non-hydrogen) atoms. The number of rotatable bonds is 7. The van der Waals surface area contributed by atoms with Crippen LogP contribution in [0.5, 0.6) is 0 Å². The number of hydrogen-bond acceptors (Lipinski definition) is 4. The van der Waals surface area contributed by atoms with Gasteiger partial charge in [-0.05, 0) is 25.0 Å². The Balaban J connectivity index is 2.45. The standard InChI is InChI=1S/C14H27NO3/c1-3-5-6-7-8-15-11-9-10(4-2)12(16)14(18)13(11)17/h9,11-18H,3-8H2,1-2H3/t11-,12?,13?,14+/m1/s1. The average Bonchev–Trinajstić information content (AvgIpc) is 2.38. The number of aliphatic hydroxyl groups is 3. The third-order valence-electron chi connectivity index (χ3n) is 3.63. The Bertz CT molecular complexity index is 268. The van der Waals surface area contributed by atoms with Crippen LogP contribution in [0.3, 0.4) is 0 Å². The molecule has 106 valence electrons. The zero-order valence-corrected chi connectivity index (χ0v) is 11.5. The SMILES string of the molecule is CCCCCCN[C@@H]1C=C(CC)C(O)[C@H](O)C1O. The predicted octanol–water partition coefficient (Wildman–Crippen LogP) is 0.958. The summed E-state index contributed by atoms with van der Waals surface area (Å²) < 4.78 is 0. The van der Waals surface area contributed by atoms with Gasteiger partial charge in [-0.2, -0.15) is 0 Å². The topological polar surface area (TPSA) is 72.7 Å². The summed E-state index contributed by atoms with van der Waals surface area (Å²) in [5.74, 6) is 0. The summed E-state index contributed by atoms with van der Waals surface area (Å²) in [5.41, 5.74) is 0.804. The van der Waals surface area contributed by atoms with Gasteiger partial charge in [0.2, 0.25) is 0 Å². The first-order chi connectivity index (χ1) is 8.61. The van der Waals surface area contributed by atoms with Gasteiger partial charge < -0.3 is 20.6 Å². The van der Waals surface area contributed by atoms with Crippen LogP contribution in [-0.4, -0.2) is 46.2 Å². The largest absolute Gasteiger partial charge is 0.388 e. The first-order valence-electron chi connectivity index (χ1n) is 7.10. The lowest BCUT2D eigenvalue weighted by Gasteiger charge is -2.35. The van der Waals surface area contributed by atoms with E-state index in [2.05, 4.69) is 12.2 Å². The molecule has 4 atom stereocenters. The normalized spacial score (nSPS) is 32.4. The van der Waals surface area contributed by atoms with Gasteiger partial charge in [0, 0.05) is 0 Å². The van der Waals surface area contributed by atoms with Crippen molar-refractivity contribution >= 4 is 0 Å². The minimum atomic E-state index is -1.09. The Hall–Kier alpha value is -0.420. The van der Waals surface area contributed by atoms with E-state index in [1.54, 1.807) is 0 Å². The zero-order chi connectivity index (χ0) is 13.5. The van der Waals surface area contributed by atoms with Gasteiger partial charge in [-0.15, -0.1) is 0 Å². The molecule has 1 aliphatic carbocycles. The van der Waals surface area contributed by atoms with Crippen LogP contribution in [0.25, 0.3) is 0 Å². The Morgan fingerprint density at radius 2 is 1.78 bits per heavy atom. The summed E-state index contributed by atoms with van der Waals surface area (Å²) in [4.78, 5) is 0. The smallest absolute Gasteiger partial charge is 0.111 e. The highest BCUT2D eigenvalue weighted by molar-refractivity contribution is 5.20.